The Morgan fingerprint density at radius 2 is 1.76 bits per heavy atom. The van der Waals surface area contributed by atoms with Crippen molar-refractivity contribution in [3.63, 3.8) is 0 Å². The third kappa shape index (κ3) is 4.08. The van der Waals surface area contributed by atoms with Crippen LogP contribution in [0.3, 0.4) is 0 Å². The lowest BCUT2D eigenvalue weighted by molar-refractivity contribution is 0.475. The van der Waals surface area contributed by atoms with E-state index in [9.17, 15) is 5.11 Å². The zero-order chi connectivity index (χ0) is 15.1. The van der Waals surface area contributed by atoms with Crippen LogP contribution in [0.25, 0.3) is 0 Å². The van der Waals surface area contributed by atoms with Crippen molar-refractivity contribution in [1.29, 1.82) is 0 Å². The van der Waals surface area contributed by atoms with E-state index >= 15 is 0 Å². The molecule has 0 radical (unpaired) electrons. The molecule has 0 aliphatic carbocycles. The Balaban J connectivity index is 2.00. The summed E-state index contributed by atoms with van der Waals surface area (Å²) in [6.07, 6.45) is 4.45. The molecule has 1 aromatic heterocycles. The maximum Gasteiger partial charge on any atom is 0.134 e. The summed E-state index contributed by atoms with van der Waals surface area (Å²) < 4.78 is 0. The minimum absolute atomic E-state index is 0.298. The van der Waals surface area contributed by atoms with E-state index in [1.54, 1.807) is 18.5 Å². The fraction of sp³-hybridized carbons (Fsp3) is 0.375. The third-order valence-corrected chi connectivity index (χ3v) is 3.32. The number of anilines is 2. The topological polar surface area (TPSA) is 70.1 Å². The summed E-state index contributed by atoms with van der Waals surface area (Å²) >= 11 is 0. The number of benzene rings is 1. The van der Waals surface area contributed by atoms with Crippen LogP contribution in [0.1, 0.15) is 24.5 Å². The predicted octanol–water partition coefficient (Wildman–Crippen LogP) is 2.83. The fourth-order valence-electron chi connectivity index (χ4n) is 2.25. The van der Waals surface area contributed by atoms with Crippen molar-refractivity contribution in [3.05, 3.63) is 41.7 Å². The first kappa shape index (κ1) is 15.1. The zero-order valence-electron chi connectivity index (χ0n) is 12.6. The van der Waals surface area contributed by atoms with Crippen LogP contribution in [0.5, 0.6) is 5.75 Å². The number of nitrogens with one attached hydrogen (secondary N) is 2. The molecule has 112 valence electrons. The summed E-state index contributed by atoms with van der Waals surface area (Å²) in [6, 6.07) is 7.29. The van der Waals surface area contributed by atoms with Crippen molar-refractivity contribution < 1.29 is 5.11 Å². The Morgan fingerprint density at radius 1 is 1.05 bits per heavy atom. The van der Waals surface area contributed by atoms with Gasteiger partial charge >= 0.3 is 0 Å². The average Bonchev–Trinajstić information content (AvgIpc) is 2.51. The number of aromatic hydroxyl groups is 1. The van der Waals surface area contributed by atoms with Gasteiger partial charge in [0.1, 0.15) is 23.7 Å². The zero-order valence-corrected chi connectivity index (χ0v) is 12.6. The predicted molar refractivity (Wildman–Crippen MR) is 85.9 cm³/mol. The molecule has 21 heavy (non-hydrogen) atoms. The summed E-state index contributed by atoms with van der Waals surface area (Å²) in [5, 5.41) is 15.8. The number of aromatic nitrogens is 2. The van der Waals surface area contributed by atoms with Crippen molar-refractivity contribution in [3.8, 4) is 5.75 Å². The van der Waals surface area contributed by atoms with Crippen molar-refractivity contribution >= 4 is 11.6 Å². The Bertz CT molecular complexity index is 569. The molecule has 5 heteroatoms. The van der Waals surface area contributed by atoms with Crippen LogP contribution in [0.2, 0.25) is 0 Å². The van der Waals surface area contributed by atoms with Gasteiger partial charge in [-0.3, -0.25) is 0 Å². The van der Waals surface area contributed by atoms with Crippen LogP contribution in [-0.2, 0) is 12.8 Å². The number of rotatable bonds is 7. The molecular formula is C16H22N4O. The smallest absolute Gasteiger partial charge is 0.134 e. The highest BCUT2D eigenvalue weighted by Gasteiger charge is 2.09. The molecule has 0 unspecified atom stereocenters. The lowest BCUT2D eigenvalue weighted by atomic mass is 10.1. The summed E-state index contributed by atoms with van der Waals surface area (Å²) in [5.74, 6) is 2.08. The van der Waals surface area contributed by atoms with Crippen molar-refractivity contribution in [2.75, 3.05) is 24.2 Å². The molecule has 0 amide bonds. The van der Waals surface area contributed by atoms with Gasteiger partial charge in [-0.1, -0.05) is 25.5 Å². The summed E-state index contributed by atoms with van der Waals surface area (Å²) in [4.78, 5) is 8.61. The van der Waals surface area contributed by atoms with Gasteiger partial charge in [-0.05, 0) is 30.5 Å². The number of hydrogen-bond donors (Lipinski definition) is 3. The SMILES string of the molecule is CCCc1c(NC)ncnc1NCCc1ccc(O)cc1. The van der Waals surface area contributed by atoms with Gasteiger partial charge in [-0.2, -0.15) is 0 Å². The van der Waals surface area contributed by atoms with E-state index in [1.165, 1.54) is 5.56 Å². The van der Waals surface area contributed by atoms with E-state index < -0.39 is 0 Å². The summed E-state index contributed by atoms with van der Waals surface area (Å²) in [6.45, 7) is 2.94. The highest BCUT2D eigenvalue weighted by atomic mass is 16.3. The lowest BCUT2D eigenvalue weighted by Gasteiger charge is -2.13. The van der Waals surface area contributed by atoms with E-state index in [0.29, 0.717) is 5.75 Å². The molecule has 0 atom stereocenters. The largest absolute Gasteiger partial charge is 0.508 e. The van der Waals surface area contributed by atoms with Gasteiger partial charge in [0.05, 0.1) is 0 Å². The van der Waals surface area contributed by atoms with Gasteiger partial charge < -0.3 is 15.7 Å². The number of phenolic OH excluding ortho intramolecular Hbond substituents is 1. The molecule has 0 saturated heterocycles. The minimum Gasteiger partial charge on any atom is -0.508 e. The van der Waals surface area contributed by atoms with Crippen LogP contribution in [0.15, 0.2) is 30.6 Å². The van der Waals surface area contributed by atoms with Crippen LogP contribution >= 0.6 is 0 Å². The van der Waals surface area contributed by atoms with Crippen molar-refractivity contribution in [2.24, 2.45) is 0 Å². The molecule has 0 aliphatic rings. The maximum absolute atomic E-state index is 9.27. The van der Waals surface area contributed by atoms with Gasteiger partial charge in [0, 0.05) is 19.2 Å². The van der Waals surface area contributed by atoms with Gasteiger partial charge in [0.15, 0.2) is 0 Å². The van der Waals surface area contributed by atoms with Crippen molar-refractivity contribution in [2.45, 2.75) is 26.2 Å². The first-order valence-electron chi connectivity index (χ1n) is 7.28. The van der Waals surface area contributed by atoms with Gasteiger partial charge in [-0.25, -0.2) is 9.97 Å². The molecule has 0 fully saturated rings. The standard InChI is InChI=1S/C16H22N4O/c1-3-4-14-15(17-2)19-11-20-16(14)18-10-9-12-5-7-13(21)8-6-12/h5-8,11,21H,3-4,9-10H2,1-2H3,(H2,17,18,19,20). The lowest BCUT2D eigenvalue weighted by Crippen LogP contribution is -2.11. The third-order valence-electron chi connectivity index (χ3n) is 3.32. The van der Waals surface area contributed by atoms with Crippen LogP contribution in [0.4, 0.5) is 11.6 Å². The first-order chi connectivity index (χ1) is 10.2. The van der Waals surface area contributed by atoms with Crippen molar-refractivity contribution in [1.82, 2.24) is 9.97 Å². The van der Waals surface area contributed by atoms with Gasteiger partial charge in [-0.15, -0.1) is 0 Å². The highest BCUT2D eigenvalue weighted by Crippen LogP contribution is 2.21. The van der Waals surface area contributed by atoms with Crippen LogP contribution in [0, 0.1) is 0 Å². The monoisotopic (exact) mass is 286 g/mol. The Kier molecular flexibility index (Phi) is 5.37. The number of hydrogen-bond acceptors (Lipinski definition) is 5. The van der Waals surface area contributed by atoms with Gasteiger partial charge in [0.25, 0.3) is 0 Å². The van der Waals surface area contributed by atoms with E-state index in [4.69, 9.17) is 0 Å². The van der Waals surface area contributed by atoms with Crippen LogP contribution < -0.4 is 10.6 Å². The second kappa shape index (κ2) is 7.47. The molecule has 1 aromatic carbocycles. The Morgan fingerprint density at radius 3 is 2.43 bits per heavy atom. The molecule has 3 N–H and O–H groups in total. The maximum atomic E-state index is 9.27. The van der Waals surface area contributed by atoms with E-state index in [-0.39, 0.29) is 0 Å². The first-order valence-corrected chi connectivity index (χ1v) is 7.28. The second-order valence-corrected chi connectivity index (χ2v) is 4.89. The number of nitrogens with zero attached hydrogens (tertiary/aromatic N) is 2. The molecular weight excluding hydrogens is 264 g/mol. The second-order valence-electron chi connectivity index (χ2n) is 4.89. The number of phenols is 1. The molecule has 0 bridgehead atoms. The van der Waals surface area contributed by atoms with Crippen LogP contribution in [-0.4, -0.2) is 28.7 Å². The van der Waals surface area contributed by atoms with Gasteiger partial charge in [0.2, 0.25) is 0 Å². The molecule has 0 saturated carbocycles. The Labute approximate surface area is 125 Å². The molecule has 1 heterocycles. The quantitative estimate of drug-likeness (QED) is 0.730. The molecule has 0 aliphatic heterocycles. The molecule has 5 nitrogen and oxygen atoms in total. The molecule has 2 rings (SSSR count). The summed E-state index contributed by atoms with van der Waals surface area (Å²) in [7, 11) is 1.88. The molecule has 0 spiro atoms. The Hall–Kier alpha value is -2.30. The fourth-order valence-corrected chi connectivity index (χ4v) is 2.25. The summed E-state index contributed by atoms with van der Waals surface area (Å²) in [5.41, 5.74) is 2.31. The van der Waals surface area contributed by atoms with E-state index in [1.807, 2.05) is 19.2 Å². The highest BCUT2D eigenvalue weighted by molar-refractivity contribution is 5.57. The average molecular weight is 286 g/mol. The minimum atomic E-state index is 0.298. The normalized spacial score (nSPS) is 10.4. The molecule has 2 aromatic rings. The van der Waals surface area contributed by atoms with E-state index in [2.05, 4.69) is 27.5 Å². The van der Waals surface area contributed by atoms with E-state index in [0.717, 1.165) is 43.0 Å².